The smallest absolute Gasteiger partial charge is 0.106 e. The van der Waals surface area contributed by atoms with Gasteiger partial charge in [-0.25, -0.2) is 4.98 Å². The number of hydrogen-bond acceptors (Lipinski definition) is 3. The van der Waals surface area contributed by atoms with Crippen molar-refractivity contribution in [3.63, 3.8) is 0 Å². The number of pyridine rings is 1. The zero-order valence-corrected chi connectivity index (χ0v) is 10.8. The number of nitrogens with one attached hydrogen (secondary N) is 1. The first kappa shape index (κ1) is 12.0. The Hall–Kier alpha value is -0.450. The summed E-state index contributed by atoms with van der Waals surface area (Å²) >= 11 is 3.34. The molecule has 0 atom stereocenters. The monoisotopic (exact) mass is 284 g/mol. The maximum Gasteiger partial charge on any atom is 0.106 e. The molecule has 0 aliphatic heterocycles. The molecule has 0 amide bonds. The minimum Gasteiger partial charge on any atom is -0.389 e. The molecule has 1 fully saturated rings. The molecule has 16 heavy (non-hydrogen) atoms. The van der Waals surface area contributed by atoms with Crippen molar-refractivity contribution in [3.8, 4) is 0 Å². The number of halogens is 1. The second-order valence-corrected chi connectivity index (χ2v) is 5.30. The molecule has 1 aliphatic carbocycles. The summed E-state index contributed by atoms with van der Waals surface area (Å²) in [4.78, 5) is 4.33. The van der Waals surface area contributed by atoms with Gasteiger partial charge in [0.15, 0.2) is 0 Å². The van der Waals surface area contributed by atoms with E-state index in [0.29, 0.717) is 13.1 Å². The summed E-state index contributed by atoms with van der Waals surface area (Å²) in [5, 5.41) is 13.4. The lowest BCUT2D eigenvalue weighted by atomic mass is 10.0. The molecular weight excluding hydrogens is 268 g/mol. The molecule has 1 saturated carbocycles. The quantitative estimate of drug-likeness (QED) is 0.834. The Morgan fingerprint density at radius 2 is 2.12 bits per heavy atom. The molecule has 88 valence electrons. The third kappa shape index (κ3) is 3.27. The summed E-state index contributed by atoms with van der Waals surface area (Å²) in [5.41, 5.74) is 0.516. The van der Waals surface area contributed by atoms with Crippen LogP contribution in [0.3, 0.4) is 0 Å². The molecule has 1 aliphatic rings. The molecule has 2 rings (SSSR count). The van der Waals surface area contributed by atoms with Gasteiger partial charge in [0, 0.05) is 13.1 Å². The van der Waals surface area contributed by atoms with Crippen molar-refractivity contribution < 1.29 is 5.11 Å². The zero-order chi connectivity index (χ0) is 11.4. The SMILES string of the molecule is OC1(CNCc2cccc(Br)n2)CCCC1. The predicted octanol–water partition coefficient (Wildman–Crippen LogP) is 2.24. The summed E-state index contributed by atoms with van der Waals surface area (Å²) < 4.78 is 0.853. The average molecular weight is 285 g/mol. The number of aromatic nitrogens is 1. The van der Waals surface area contributed by atoms with Crippen molar-refractivity contribution in [3.05, 3.63) is 28.5 Å². The van der Waals surface area contributed by atoms with Crippen molar-refractivity contribution >= 4 is 15.9 Å². The van der Waals surface area contributed by atoms with E-state index in [0.717, 1.165) is 36.0 Å². The molecule has 2 N–H and O–H groups in total. The van der Waals surface area contributed by atoms with Crippen molar-refractivity contribution in [1.29, 1.82) is 0 Å². The summed E-state index contributed by atoms with van der Waals surface area (Å²) in [6.45, 7) is 1.38. The first-order valence-electron chi connectivity index (χ1n) is 5.73. The van der Waals surface area contributed by atoms with E-state index in [1.54, 1.807) is 0 Å². The topological polar surface area (TPSA) is 45.1 Å². The highest BCUT2D eigenvalue weighted by molar-refractivity contribution is 9.10. The van der Waals surface area contributed by atoms with Crippen molar-refractivity contribution in [2.75, 3.05) is 6.54 Å². The van der Waals surface area contributed by atoms with Crippen LogP contribution in [0.4, 0.5) is 0 Å². The maximum absolute atomic E-state index is 10.1. The lowest BCUT2D eigenvalue weighted by Crippen LogP contribution is -2.37. The van der Waals surface area contributed by atoms with Crippen LogP contribution < -0.4 is 5.32 Å². The van der Waals surface area contributed by atoms with Gasteiger partial charge in [0.05, 0.1) is 11.3 Å². The highest BCUT2D eigenvalue weighted by Crippen LogP contribution is 2.28. The molecule has 1 heterocycles. The van der Waals surface area contributed by atoms with Crippen LogP contribution in [-0.2, 0) is 6.54 Å². The highest BCUT2D eigenvalue weighted by atomic mass is 79.9. The molecule has 0 radical (unpaired) electrons. The minimum atomic E-state index is -0.480. The standard InChI is InChI=1S/C12H17BrN2O/c13-11-5-3-4-10(15-11)8-14-9-12(16)6-1-2-7-12/h3-5,14,16H,1-2,6-9H2. The Morgan fingerprint density at radius 3 is 2.81 bits per heavy atom. The minimum absolute atomic E-state index is 0.480. The van der Waals surface area contributed by atoms with E-state index < -0.39 is 5.60 Å². The average Bonchev–Trinajstić information content (AvgIpc) is 2.65. The Bertz CT molecular complexity index is 351. The van der Waals surface area contributed by atoms with Crippen LogP contribution in [0.5, 0.6) is 0 Å². The normalized spacial score (nSPS) is 18.9. The first-order chi connectivity index (χ1) is 7.68. The molecule has 1 aromatic heterocycles. The highest BCUT2D eigenvalue weighted by Gasteiger charge is 2.30. The van der Waals surface area contributed by atoms with Crippen LogP contribution in [0.2, 0.25) is 0 Å². The second kappa shape index (κ2) is 5.25. The third-order valence-corrected chi connectivity index (χ3v) is 3.51. The van der Waals surface area contributed by atoms with E-state index in [-0.39, 0.29) is 0 Å². The molecule has 3 nitrogen and oxygen atoms in total. The van der Waals surface area contributed by atoms with Crippen molar-refractivity contribution in [2.45, 2.75) is 37.8 Å². The van der Waals surface area contributed by atoms with Gasteiger partial charge in [-0.2, -0.15) is 0 Å². The fourth-order valence-corrected chi connectivity index (χ4v) is 2.56. The summed E-state index contributed by atoms with van der Waals surface area (Å²) in [5.74, 6) is 0. The number of rotatable bonds is 4. The Labute approximate surface area is 104 Å². The summed E-state index contributed by atoms with van der Waals surface area (Å²) in [6.07, 6.45) is 4.14. The lowest BCUT2D eigenvalue weighted by molar-refractivity contribution is 0.0474. The van der Waals surface area contributed by atoms with E-state index in [2.05, 4.69) is 26.2 Å². The van der Waals surface area contributed by atoms with Gasteiger partial charge >= 0.3 is 0 Å². The van der Waals surface area contributed by atoms with Crippen LogP contribution in [0.1, 0.15) is 31.4 Å². The van der Waals surface area contributed by atoms with E-state index in [9.17, 15) is 5.11 Å². The number of nitrogens with zero attached hydrogens (tertiary/aromatic N) is 1. The van der Waals surface area contributed by atoms with Crippen LogP contribution in [0.25, 0.3) is 0 Å². The zero-order valence-electron chi connectivity index (χ0n) is 9.25. The predicted molar refractivity (Wildman–Crippen MR) is 67.1 cm³/mol. The molecule has 0 spiro atoms. The van der Waals surface area contributed by atoms with Crippen LogP contribution in [0.15, 0.2) is 22.8 Å². The largest absolute Gasteiger partial charge is 0.389 e. The van der Waals surface area contributed by atoms with E-state index in [1.165, 1.54) is 0 Å². The van der Waals surface area contributed by atoms with Crippen LogP contribution in [0, 0.1) is 0 Å². The van der Waals surface area contributed by atoms with E-state index in [1.807, 2.05) is 18.2 Å². The first-order valence-corrected chi connectivity index (χ1v) is 6.52. The van der Waals surface area contributed by atoms with Gasteiger partial charge in [-0.1, -0.05) is 18.9 Å². The lowest BCUT2D eigenvalue weighted by Gasteiger charge is -2.22. The molecule has 0 bridgehead atoms. The number of aliphatic hydroxyl groups is 1. The van der Waals surface area contributed by atoms with Crippen molar-refractivity contribution in [2.24, 2.45) is 0 Å². The Kier molecular flexibility index (Phi) is 3.95. The van der Waals surface area contributed by atoms with Gasteiger partial charge in [0.2, 0.25) is 0 Å². The number of hydrogen-bond donors (Lipinski definition) is 2. The molecular formula is C12H17BrN2O. The second-order valence-electron chi connectivity index (χ2n) is 4.49. The van der Waals surface area contributed by atoms with E-state index >= 15 is 0 Å². The summed E-state index contributed by atoms with van der Waals surface area (Å²) in [7, 11) is 0. The molecule has 0 aromatic carbocycles. The fraction of sp³-hybridized carbons (Fsp3) is 0.583. The third-order valence-electron chi connectivity index (χ3n) is 3.07. The summed E-state index contributed by atoms with van der Waals surface area (Å²) in [6, 6.07) is 5.86. The van der Waals surface area contributed by atoms with E-state index in [4.69, 9.17) is 0 Å². The Morgan fingerprint density at radius 1 is 1.38 bits per heavy atom. The van der Waals surface area contributed by atoms with Gasteiger partial charge < -0.3 is 10.4 Å². The van der Waals surface area contributed by atoms with Crippen molar-refractivity contribution in [1.82, 2.24) is 10.3 Å². The van der Waals surface area contributed by atoms with Gasteiger partial charge in [0.25, 0.3) is 0 Å². The van der Waals surface area contributed by atoms with Crippen LogP contribution >= 0.6 is 15.9 Å². The van der Waals surface area contributed by atoms with Gasteiger partial charge in [0.1, 0.15) is 4.60 Å². The molecule has 1 aromatic rings. The Balaban J connectivity index is 1.79. The van der Waals surface area contributed by atoms with Gasteiger partial charge in [-0.3, -0.25) is 0 Å². The van der Waals surface area contributed by atoms with Crippen LogP contribution in [-0.4, -0.2) is 22.2 Å². The fourth-order valence-electron chi connectivity index (χ4n) is 2.18. The van der Waals surface area contributed by atoms with Gasteiger partial charge in [-0.15, -0.1) is 0 Å². The molecule has 4 heteroatoms. The molecule has 0 unspecified atom stereocenters. The molecule has 0 saturated heterocycles. The van der Waals surface area contributed by atoms with Gasteiger partial charge in [-0.05, 0) is 40.9 Å². The maximum atomic E-state index is 10.1.